The van der Waals surface area contributed by atoms with Crippen LogP contribution in [-0.2, 0) is 17.9 Å². The third-order valence-electron chi connectivity index (χ3n) is 16.9. The Balaban J connectivity index is 1.09. The van der Waals surface area contributed by atoms with Crippen molar-refractivity contribution in [2.24, 2.45) is 56.7 Å². The molecule has 2 amide bonds. The van der Waals surface area contributed by atoms with Gasteiger partial charge in [0, 0.05) is 24.2 Å². The predicted molar refractivity (Wildman–Crippen MR) is 208 cm³/mol. The van der Waals surface area contributed by atoms with E-state index in [9.17, 15) is 19.5 Å². The Hall–Kier alpha value is -3.52. The molecule has 5 aliphatic rings. The van der Waals surface area contributed by atoms with Crippen molar-refractivity contribution < 1.29 is 29.0 Å². The monoisotopic (exact) mass is 740 g/mol. The molecule has 4 unspecified atom stereocenters. The van der Waals surface area contributed by atoms with Crippen molar-refractivity contribution >= 4 is 17.8 Å². The van der Waals surface area contributed by atoms with Crippen LogP contribution in [0.1, 0.15) is 138 Å². The molecule has 5 aliphatic carbocycles. The molecule has 10 atom stereocenters. The minimum absolute atomic E-state index is 0.00223. The first kappa shape index (κ1) is 38.7. The van der Waals surface area contributed by atoms with Gasteiger partial charge in [0.15, 0.2) is 0 Å². The van der Waals surface area contributed by atoms with E-state index in [1.807, 2.05) is 0 Å². The number of carbonyl (C=O) groups is 3. The summed E-state index contributed by atoms with van der Waals surface area (Å²) < 4.78 is 15.2. The Kier molecular flexibility index (Phi) is 9.76. The average Bonchev–Trinajstić information content (AvgIpc) is 3.54. The summed E-state index contributed by atoms with van der Waals surface area (Å²) in [5, 5.41) is 26.3. The Morgan fingerprint density at radius 2 is 1.50 bits per heavy atom. The number of aromatic carboxylic acids is 1. The number of allylic oxidation sites excluding steroid dienone is 1. The molecule has 0 spiro atoms. The van der Waals surface area contributed by atoms with Gasteiger partial charge in [-0.2, -0.15) is 0 Å². The van der Waals surface area contributed by atoms with Gasteiger partial charge in [-0.1, -0.05) is 58.9 Å². The van der Waals surface area contributed by atoms with Gasteiger partial charge in [0.25, 0.3) is 5.91 Å². The van der Waals surface area contributed by atoms with Gasteiger partial charge in [-0.25, -0.2) is 9.18 Å². The first-order valence-corrected chi connectivity index (χ1v) is 20.4. The predicted octanol–water partition coefficient (Wildman–Crippen LogP) is 9.09. The number of carboxylic acid groups (broad SMARTS) is 1. The van der Waals surface area contributed by atoms with Crippen LogP contribution >= 0.6 is 0 Å². The molecule has 2 aromatic rings. The lowest BCUT2D eigenvalue weighted by molar-refractivity contribution is -0.246. The first-order chi connectivity index (χ1) is 25.4. The summed E-state index contributed by atoms with van der Waals surface area (Å²) in [5.74, 6) is 0.0321. The van der Waals surface area contributed by atoms with Crippen LogP contribution in [0, 0.1) is 62.5 Å². The van der Waals surface area contributed by atoms with Gasteiger partial charge >= 0.3 is 5.97 Å². The molecule has 0 heterocycles. The normalized spacial score (nSPS) is 37.9. The molecule has 292 valence electrons. The minimum atomic E-state index is -1.02. The van der Waals surface area contributed by atoms with Crippen LogP contribution in [0.15, 0.2) is 54.6 Å². The highest BCUT2D eigenvalue weighted by atomic mass is 19.1. The molecular formula is C46H61FN2O5. The summed E-state index contributed by atoms with van der Waals surface area (Å²) in [4.78, 5) is 38.9. The summed E-state index contributed by atoms with van der Waals surface area (Å²) in [7, 11) is 0. The SMILES string of the molecule is C=C(C)[C@@H]1CC[C@]2(C(=O)NCc3cc(C(=O)NCc4ccc(C(=O)O)cc4)ccc3F)CC[C@]3(C)C(CCC4[C@@]5(C)CC[C@H](O)C(C)(C)C5CC[C@]43C)C12. The summed E-state index contributed by atoms with van der Waals surface area (Å²) >= 11 is 0. The van der Waals surface area contributed by atoms with Gasteiger partial charge in [-0.15, -0.1) is 0 Å². The van der Waals surface area contributed by atoms with Gasteiger partial charge in [0.2, 0.25) is 5.91 Å². The van der Waals surface area contributed by atoms with Crippen molar-refractivity contribution in [3.63, 3.8) is 0 Å². The maximum absolute atomic E-state index is 15.2. The Morgan fingerprint density at radius 1 is 0.796 bits per heavy atom. The number of nitrogens with one attached hydrogen (secondary N) is 2. The molecule has 0 aromatic heterocycles. The number of carboxylic acids is 1. The van der Waals surface area contributed by atoms with E-state index in [1.165, 1.54) is 30.3 Å². The van der Waals surface area contributed by atoms with Crippen molar-refractivity contribution in [3.8, 4) is 0 Å². The average molecular weight is 741 g/mol. The number of carbonyl (C=O) groups excluding carboxylic acids is 2. The summed E-state index contributed by atoms with van der Waals surface area (Å²) in [6.45, 7) is 19.1. The van der Waals surface area contributed by atoms with Gasteiger partial charge < -0.3 is 20.8 Å². The van der Waals surface area contributed by atoms with E-state index in [2.05, 4.69) is 58.8 Å². The second-order valence-corrected chi connectivity index (χ2v) is 19.4. The van der Waals surface area contributed by atoms with E-state index >= 15 is 4.39 Å². The highest BCUT2D eigenvalue weighted by Crippen LogP contribution is 2.77. The molecule has 0 saturated heterocycles. The summed E-state index contributed by atoms with van der Waals surface area (Å²) in [6, 6.07) is 10.5. The standard InChI is InChI=1S/C46H61FN2O5/c1-27(2)32-16-21-46(41(54)49-26-31-24-30(12-14-34(31)47)39(51)48-25-28-8-10-29(11-9-28)40(52)53)23-22-44(6)33(38(32)46)13-15-36-43(5)19-18-37(50)42(3,4)35(43)17-20-45(36,44)7/h8-12,14,24,32-33,35-38,50H,1,13,15-23,25-26H2,2-7H3,(H,48,51)(H,49,54)(H,52,53)/t32-,33?,35?,36?,37-,38?,43-,44+,45+,46-/m0/s1. The number of rotatable bonds is 8. The number of amides is 2. The van der Waals surface area contributed by atoms with Crippen molar-refractivity contribution in [2.75, 3.05) is 0 Å². The molecule has 4 N–H and O–H groups in total. The molecule has 5 fully saturated rings. The quantitative estimate of drug-likeness (QED) is 0.202. The fourth-order valence-corrected chi connectivity index (χ4v) is 13.8. The molecule has 7 nitrogen and oxygen atoms in total. The third-order valence-corrected chi connectivity index (χ3v) is 16.9. The number of halogens is 1. The number of benzene rings is 2. The third kappa shape index (κ3) is 5.87. The molecule has 0 aliphatic heterocycles. The number of fused-ring (bicyclic) bond motifs is 7. The van der Waals surface area contributed by atoms with Gasteiger partial charge in [0.05, 0.1) is 17.1 Å². The van der Waals surface area contributed by atoms with E-state index in [0.717, 1.165) is 75.3 Å². The smallest absolute Gasteiger partial charge is 0.335 e. The zero-order chi connectivity index (χ0) is 39.0. The maximum Gasteiger partial charge on any atom is 0.335 e. The first-order valence-electron chi connectivity index (χ1n) is 20.4. The fraction of sp³-hybridized carbons (Fsp3) is 0.630. The number of aliphatic hydroxyl groups is 1. The van der Waals surface area contributed by atoms with Crippen LogP contribution in [0.4, 0.5) is 4.39 Å². The molecule has 0 bridgehead atoms. The van der Waals surface area contributed by atoms with Gasteiger partial charge in [-0.3, -0.25) is 9.59 Å². The molecule has 8 heteroatoms. The highest BCUT2D eigenvalue weighted by Gasteiger charge is 2.71. The van der Waals surface area contributed by atoms with Crippen LogP contribution in [0.5, 0.6) is 0 Å². The zero-order valence-electron chi connectivity index (χ0n) is 33.2. The zero-order valence-corrected chi connectivity index (χ0v) is 33.2. The number of hydrogen-bond acceptors (Lipinski definition) is 4. The molecule has 0 radical (unpaired) electrons. The van der Waals surface area contributed by atoms with Crippen molar-refractivity contribution in [3.05, 3.63) is 82.7 Å². The molecule has 2 aromatic carbocycles. The molecule has 54 heavy (non-hydrogen) atoms. The van der Waals surface area contributed by atoms with Crippen molar-refractivity contribution in [2.45, 2.75) is 125 Å². The van der Waals surface area contributed by atoms with Gasteiger partial charge in [-0.05, 0) is 158 Å². The Labute approximate surface area is 321 Å². The van der Waals surface area contributed by atoms with Gasteiger partial charge in [0.1, 0.15) is 5.82 Å². The van der Waals surface area contributed by atoms with Crippen LogP contribution in [0.2, 0.25) is 0 Å². The fourth-order valence-electron chi connectivity index (χ4n) is 13.8. The second-order valence-electron chi connectivity index (χ2n) is 19.4. The van der Waals surface area contributed by atoms with Crippen LogP contribution in [-0.4, -0.2) is 34.1 Å². The lowest BCUT2D eigenvalue weighted by atomic mass is 9.32. The summed E-state index contributed by atoms with van der Waals surface area (Å²) in [6.07, 6.45) is 9.79. The lowest BCUT2D eigenvalue weighted by Crippen LogP contribution is -2.67. The van der Waals surface area contributed by atoms with Crippen molar-refractivity contribution in [1.29, 1.82) is 0 Å². The highest BCUT2D eigenvalue weighted by molar-refractivity contribution is 5.94. The second kappa shape index (κ2) is 13.6. The van der Waals surface area contributed by atoms with E-state index < -0.39 is 17.2 Å². The van der Waals surface area contributed by atoms with Crippen LogP contribution in [0.3, 0.4) is 0 Å². The summed E-state index contributed by atoms with van der Waals surface area (Å²) in [5.41, 5.74) is 2.38. The number of aliphatic hydroxyl groups excluding tert-OH is 1. The van der Waals surface area contributed by atoms with E-state index in [0.29, 0.717) is 23.3 Å². The molecule has 7 rings (SSSR count). The minimum Gasteiger partial charge on any atom is -0.478 e. The van der Waals surface area contributed by atoms with E-state index in [-0.39, 0.29) is 75.6 Å². The topological polar surface area (TPSA) is 116 Å². The van der Waals surface area contributed by atoms with Crippen LogP contribution < -0.4 is 10.6 Å². The number of hydrogen-bond donors (Lipinski definition) is 4. The Morgan fingerprint density at radius 3 is 2.19 bits per heavy atom. The van der Waals surface area contributed by atoms with E-state index in [1.54, 1.807) is 12.1 Å². The maximum atomic E-state index is 15.2. The largest absolute Gasteiger partial charge is 0.478 e. The Bertz CT molecular complexity index is 1840. The van der Waals surface area contributed by atoms with E-state index in [4.69, 9.17) is 5.11 Å². The van der Waals surface area contributed by atoms with Crippen molar-refractivity contribution in [1.82, 2.24) is 10.6 Å². The lowest BCUT2D eigenvalue weighted by Gasteiger charge is -2.72. The molecular weight excluding hydrogens is 680 g/mol. The molecule has 5 saturated carbocycles. The van der Waals surface area contributed by atoms with Crippen LogP contribution in [0.25, 0.3) is 0 Å².